The van der Waals surface area contributed by atoms with E-state index in [9.17, 15) is 18.0 Å². The first kappa shape index (κ1) is 16.7. The Morgan fingerprint density at radius 2 is 2.00 bits per heavy atom. The van der Waals surface area contributed by atoms with Gasteiger partial charge in [0.1, 0.15) is 12.3 Å². The minimum atomic E-state index is -3.61. The van der Waals surface area contributed by atoms with E-state index in [1.54, 1.807) is 0 Å². The van der Waals surface area contributed by atoms with Crippen LogP contribution in [0.15, 0.2) is 23.1 Å². The first-order valence-electron chi connectivity index (χ1n) is 7.71. The molecule has 1 fully saturated rings. The third-order valence-electron chi connectivity index (χ3n) is 4.16. The third-order valence-corrected chi connectivity index (χ3v) is 6.05. The summed E-state index contributed by atoms with van der Waals surface area (Å²) in [5.41, 5.74) is 0.301. The predicted molar refractivity (Wildman–Crippen MR) is 86.3 cm³/mol. The largest absolute Gasteiger partial charge is 0.482 e. The Morgan fingerprint density at radius 3 is 2.67 bits per heavy atom. The van der Waals surface area contributed by atoms with E-state index in [-0.39, 0.29) is 29.9 Å². The zero-order valence-corrected chi connectivity index (χ0v) is 14.1. The number of carbonyl (C=O) groups excluding carboxylic acids is 2. The maximum Gasteiger partial charge on any atom is 0.265 e. The fourth-order valence-electron chi connectivity index (χ4n) is 2.82. The topological polar surface area (TPSA) is 96.0 Å². The molecule has 0 radical (unpaired) electrons. The predicted octanol–water partition coefficient (Wildman–Crippen LogP) is -0.0575. The van der Waals surface area contributed by atoms with Gasteiger partial charge in [-0.25, -0.2) is 8.42 Å². The van der Waals surface area contributed by atoms with Crippen molar-refractivity contribution in [2.75, 3.05) is 38.2 Å². The Bertz CT molecular complexity index is 771. The number of carbonyl (C=O) groups is 2. The molecule has 3 rings (SSSR count). The van der Waals surface area contributed by atoms with Crippen molar-refractivity contribution in [2.45, 2.75) is 17.7 Å². The fourth-order valence-corrected chi connectivity index (χ4v) is 4.35. The quantitative estimate of drug-likeness (QED) is 0.818. The Balaban J connectivity index is 1.99. The van der Waals surface area contributed by atoms with Crippen LogP contribution in [0.4, 0.5) is 5.69 Å². The van der Waals surface area contributed by atoms with E-state index in [1.807, 2.05) is 0 Å². The van der Waals surface area contributed by atoms with Crippen molar-refractivity contribution in [2.24, 2.45) is 0 Å². The molecule has 0 aliphatic carbocycles. The molecular formula is C15H19N3O5S. The van der Waals surface area contributed by atoms with Crippen LogP contribution in [0.25, 0.3) is 0 Å². The minimum Gasteiger partial charge on any atom is -0.482 e. The number of anilines is 1. The van der Waals surface area contributed by atoms with Crippen molar-refractivity contribution in [3.05, 3.63) is 18.2 Å². The van der Waals surface area contributed by atoms with E-state index < -0.39 is 10.0 Å². The van der Waals surface area contributed by atoms with Crippen LogP contribution >= 0.6 is 0 Å². The summed E-state index contributed by atoms with van der Waals surface area (Å²) in [5, 5.41) is 2.45. The SMILES string of the molecule is CNC(=O)CN1C(=O)COc2ccc(S(=O)(=O)N3CCCC3)cc21. The normalized spacial score (nSPS) is 18.2. The zero-order valence-electron chi connectivity index (χ0n) is 13.3. The molecule has 0 saturated carbocycles. The van der Waals surface area contributed by atoms with Gasteiger partial charge in [-0.3, -0.25) is 14.5 Å². The number of nitrogens with one attached hydrogen (secondary N) is 1. The molecule has 1 aromatic carbocycles. The van der Waals surface area contributed by atoms with Gasteiger partial charge in [-0.1, -0.05) is 0 Å². The van der Waals surface area contributed by atoms with Crippen molar-refractivity contribution < 1.29 is 22.7 Å². The fraction of sp³-hybridized carbons (Fsp3) is 0.467. The van der Waals surface area contributed by atoms with Crippen LogP contribution in [0.5, 0.6) is 5.75 Å². The number of sulfonamides is 1. The van der Waals surface area contributed by atoms with Gasteiger partial charge >= 0.3 is 0 Å². The molecular weight excluding hydrogens is 334 g/mol. The van der Waals surface area contributed by atoms with Crippen molar-refractivity contribution in [3.63, 3.8) is 0 Å². The number of benzene rings is 1. The van der Waals surface area contributed by atoms with Gasteiger partial charge in [0.25, 0.3) is 5.91 Å². The number of likely N-dealkylation sites (N-methyl/N-ethyl adjacent to an activating group) is 1. The average molecular weight is 353 g/mol. The van der Waals surface area contributed by atoms with Crippen LogP contribution in [-0.2, 0) is 19.6 Å². The molecule has 0 atom stereocenters. The van der Waals surface area contributed by atoms with Gasteiger partial charge in [-0.15, -0.1) is 0 Å². The zero-order chi connectivity index (χ0) is 17.3. The van der Waals surface area contributed by atoms with E-state index >= 15 is 0 Å². The Hall–Kier alpha value is -2.13. The maximum atomic E-state index is 12.7. The Labute approximate surface area is 140 Å². The summed E-state index contributed by atoms with van der Waals surface area (Å²) in [4.78, 5) is 25.1. The first-order chi connectivity index (χ1) is 11.4. The molecule has 1 saturated heterocycles. The lowest BCUT2D eigenvalue weighted by Gasteiger charge is -2.29. The van der Waals surface area contributed by atoms with Crippen LogP contribution in [-0.4, -0.2) is 57.8 Å². The van der Waals surface area contributed by atoms with Gasteiger partial charge in [0.05, 0.1) is 10.6 Å². The number of ether oxygens (including phenoxy) is 1. The highest BCUT2D eigenvalue weighted by atomic mass is 32.2. The molecule has 0 unspecified atom stereocenters. The standard InChI is InChI=1S/C15H19N3O5S/c1-16-14(19)9-18-12-8-11(4-5-13(12)23-10-15(18)20)24(21,22)17-6-2-3-7-17/h4-5,8H,2-3,6-7,9-10H2,1H3,(H,16,19). The molecule has 9 heteroatoms. The second-order valence-electron chi connectivity index (χ2n) is 5.68. The monoisotopic (exact) mass is 353 g/mol. The van der Waals surface area contributed by atoms with E-state index in [0.29, 0.717) is 24.5 Å². The molecule has 2 aliphatic heterocycles. The number of nitrogens with zero attached hydrogens (tertiary/aromatic N) is 2. The van der Waals surface area contributed by atoms with Gasteiger partial charge in [0.2, 0.25) is 15.9 Å². The van der Waals surface area contributed by atoms with Crippen LogP contribution in [0.3, 0.4) is 0 Å². The molecule has 2 aliphatic rings. The molecule has 130 valence electrons. The maximum absolute atomic E-state index is 12.7. The Morgan fingerprint density at radius 1 is 1.29 bits per heavy atom. The lowest BCUT2D eigenvalue weighted by Crippen LogP contribution is -2.44. The highest BCUT2D eigenvalue weighted by Gasteiger charge is 2.32. The first-order valence-corrected chi connectivity index (χ1v) is 9.15. The summed E-state index contributed by atoms with van der Waals surface area (Å²) in [6.45, 7) is 0.634. The number of hydrogen-bond acceptors (Lipinski definition) is 5. The Kier molecular flexibility index (Phi) is 4.46. The van der Waals surface area contributed by atoms with E-state index in [1.165, 1.54) is 34.5 Å². The van der Waals surface area contributed by atoms with Crippen molar-refractivity contribution in [3.8, 4) is 5.75 Å². The van der Waals surface area contributed by atoms with Crippen molar-refractivity contribution in [1.29, 1.82) is 0 Å². The van der Waals surface area contributed by atoms with Crippen LogP contribution in [0.2, 0.25) is 0 Å². The van der Waals surface area contributed by atoms with Gasteiger partial charge in [-0.05, 0) is 31.0 Å². The smallest absolute Gasteiger partial charge is 0.265 e. The minimum absolute atomic E-state index is 0.100. The summed E-state index contributed by atoms with van der Waals surface area (Å²) < 4.78 is 32.2. The van der Waals surface area contributed by atoms with Crippen molar-refractivity contribution in [1.82, 2.24) is 9.62 Å². The molecule has 1 aromatic rings. The number of hydrogen-bond donors (Lipinski definition) is 1. The van der Waals surface area contributed by atoms with Gasteiger partial charge in [0, 0.05) is 20.1 Å². The molecule has 2 heterocycles. The highest BCUT2D eigenvalue weighted by molar-refractivity contribution is 7.89. The molecule has 24 heavy (non-hydrogen) atoms. The van der Waals surface area contributed by atoms with Gasteiger partial charge in [-0.2, -0.15) is 4.31 Å². The number of rotatable bonds is 4. The lowest BCUT2D eigenvalue weighted by molar-refractivity contribution is -0.125. The summed E-state index contributed by atoms with van der Waals surface area (Å²) in [7, 11) is -2.13. The second-order valence-corrected chi connectivity index (χ2v) is 7.62. The molecule has 2 amide bonds. The summed E-state index contributed by atoms with van der Waals surface area (Å²) in [5.74, 6) is -0.343. The molecule has 0 aromatic heterocycles. The lowest BCUT2D eigenvalue weighted by atomic mass is 10.2. The molecule has 0 bridgehead atoms. The van der Waals surface area contributed by atoms with Gasteiger partial charge in [0.15, 0.2) is 6.61 Å². The molecule has 0 spiro atoms. The van der Waals surface area contributed by atoms with Crippen LogP contribution in [0, 0.1) is 0 Å². The van der Waals surface area contributed by atoms with Crippen LogP contribution < -0.4 is 15.0 Å². The van der Waals surface area contributed by atoms with Crippen LogP contribution in [0.1, 0.15) is 12.8 Å². The van der Waals surface area contributed by atoms with Crippen molar-refractivity contribution >= 4 is 27.5 Å². The van der Waals surface area contributed by atoms with Gasteiger partial charge < -0.3 is 10.1 Å². The second kappa shape index (κ2) is 6.40. The summed E-state index contributed by atoms with van der Waals surface area (Å²) in [6, 6.07) is 4.41. The highest BCUT2D eigenvalue weighted by Crippen LogP contribution is 2.35. The third kappa shape index (κ3) is 2.96. The number of fused-ring (bicyclic) bond motifs is 1. The molecule has 8 nitrogen and oxygen atoms in total. The summed E-state index contributed by atoms with van der Waals surface area (Å²) in [6.07, 6.45) is 1.68. The summed E-state index contributed by atoms with van der Waals surface area (Å²) >= 11 is 0. The van der Waals surface area contributed by atoms with E-state index in [4.69, 9.17) is 4.74 Å². The van der Waals surface area contributed by atoms with E-state index in [0.717, 1.165) is 12.8 Å². The average Bonchev–Trinajstić information content (AvgIpc) is 3.12. The van der Waals surface area contributed by atoms with E-state index in [2.05, 4.69) is 5.32 Å². The molecule has 1 N–H and O–H groups in total. The number of amides is 2.